The highest BCUT2D eigenvalue weighted by Gasteiger charge is 2.15. The van der Waals surface area contributed by atoms with E-state index in [2.05, 4.69) is 9.97 Å². The van der Waals surface area contributed by atoms with Crippen molar-refractivity contribution in [1.82, 2.24) is 9.97 Å². The number of oxazole rings is 1. The molecule has 3 heterocycles. The average molecular weight is 282 g/mol. The lowest BCUT2D eigenvalue weighted by Gasteiger charge is -1.95. The van der Waals surface area contributed by atoms with E-state index >= 15 is 0 Å². The van der Waals surface area contributed by atoms with Gasteiger partial charge in [0.15, 0.2) is 11.1 Å². The number of fused-ring (bicyclic) bond motifs is 3. The summed E-state index contributed by atoms with van der Waals surface area (Å²) in [6, 6.07) is 11.5. The molecule has 4 rings (SSSR count). The number of aromatic amines is 1. The summed E-state index contributed by atoms with van der Waals surface area (Å²) in [7, 11) is 0. The summed E-state index contributed by atoms with van der Waals surface area (Å²) in [6.45, 7) is 2.03. The van der Waals surface area contributed by atoms with Gasteiger partial charge in [0.2, 0.25) is 5.89 Å². The predicted octanol–water partition coefficient (Wildman–Crippen LogP) is 3.71. The topological polar surface area (TPSA) is 58.9 Å². The first kappa shape index (κ1) is 11.4. The molecule has 4 nitrogen and oxygen atoms in total. The van der Waals surface area contributed by atoms with Crippen LogP contribution in [0, 0.1) is 6.92 Å². The minimum Gasteiger partial charge on any atom is -0.434 e. The van der Waals surface area contributed by atoms with Crippen molar-refractivity contribution in [1.29, 1.82) is 0 Å². The minimum absolute atomic E-state index is 0.220. The molecule has 0 amide bonds. The molecule has 0 atom stereocenters. The summed E-state index contributed by atoms with van der Waals surface area (Å²) < 4.78 is 5.84. The molecule has 0 spiro atoms. The normalized spacial score (nSPS) is 11.4. The SMILES string of the molecule is Cc1ccc(-c2nc3c(=O)[nH]c4ccccc4c3o2)s1. The van der Waals surface area contributed by atoms with Crippen molar-refractivity contribution in [2.45, 2.75) is 6.92 Å². The summed E-state index contributed by atoms with van der Waals surface area (Å²) in [5.41, 5.74) is 1.44. The van der Waals surface area contributed by atoms with Gasteiger partial charge in [-0.15, -0.1) is 11.3 Å². The molecule has 0 fully saturated rings. The molecule has 4 aromatic rings. The van der Waals surface area contributed by atoms with E-state index < -0.39 is 0 Å². The van der Waals surface area contributed by atoms with E-state index in [1.807, 2.05) is 43.3 Å². The van der Waals surface area contributed by atoms with E-state index in [1.165, 1.54) is 4.88 Å². The van der Waals surface area contributed by atoms with Gasteiger partial charge in [-0.05, 0) is 31.2 Å². The van der Waals surface area contributed by atoms with Crippen LogP contribution < -0.4 is 5.56 Å². The molecule has 0 radical (unpaired) electrons. The molecule has 1 N–H and O–H groups in total. The molecule has 0 bridgehead atoms. The van der Waals surface area contributed by atoms with Gasteiger partial charge in [0.05, 0.1) is 10.4 Å². The highest BCUT2D eigenvalue weighted by atomic mass is 32.1. The Hall–Kier alpha value is -2.40. The Morgan fingerprint density at radius 3 is 2.85 bits per heavy atom. The first-order valence-electron chi connectivity index (χ1n) is 6.21. The molecule has 3 aromatic heterocycles. The summed E-state index contributed by atoms with van der Waals surface area (Å²) in [6.07, 6.45) is 0. The van der Waals surface area contributed by atoms with E-state index in [9.17, 15) is 4.79 Å². The highest BCUT2D eigenvalue weighted by Crippen LogP contribution is 2.31. The number of nitrogens with zero attached hydrogens (tertiary/aromatic N) is 1. The number of aromatic nitrogens is 2. The first-order valence-corrected chi connectivity index (χ1v) is 7.02. The Balaban J connectivity index is 2.10. The Morgan fingerprint density at radius 1 is 1.20 bits per heavy atom. The van der Waals surface area contributed by atoms with Gasteiger partial charge in [0, 0.05) is 10.3 Å². The van der Waals surface area contributed by atoms with Gasteiger partial charge in [0.25, 0.3) is 5.56 Å². The maximum absolute atomic E-state index is 12.1. The first-order chi connectivity index (χ1) is 9.72. The Bertz CT molecular complexity index is 994. The standard InChI is InChI=1S/C15H10N2O2S/c1-8-6-7-11(20-8)15-17-12-13(19-15)9-4-2-3-5-10(9)16-14(12)18/h2-7H,1H3,(H,16,18). The Morgan fingerprint density at radius 2 is 2.05 bits per heavy atom. The second-order valence-electron chi connectivity index (χ2n) is 4.61. The Labute approximate surface area is 117 Å². The molecule has 20 heavy (non-hydrogen) atoms. The molecule has 5 heteroatoms. The van der Waals surface area contributed by atoms with Gasteiger partial charge in [-0.25, -0.2) is 4.98 Å². The lowest BCUT2D eigenvalue weighted by Crippen LogP contribution is -2.05. The number of H-pyrrole nitrogens is 1. The number of hydrogen-bond acceptors (Lipinski definition) is 4. The van der Waals surface area contributed by atoms with Crippen LogP contribution in [0.5, 0.6) is 0 Å². The van der Waals surface area contributed by atoms with Gasteiger partial charge in [-0.2, -0.15) is 0 Å². The van der Waals surface area contributed by atoms with Gasteiger partial charge >= 0.3 is 0 Å². The van der Waals surface area contributed by atoms with Crippen molar-refractivity contribution in [3.63, 3.8) is 0 Å². The van der Waals surface area contributed by atoms with Gasteiger partial charge in [0.1, 0.15) is 0 Å². The number of pyridine rings is 1. The zero-order valence-electron chi connectivity index (χ0n) is 10.6. The fourth-order valence-corrected chi connectivity index (χ4v) is 3.08. The monoisotopic (exact) mass is 282 g/mol. The van der Waals surface area contributed by atoms with Gasteiger partial charge < -0.3 is 9.40 Å². The fourth-order valence-electron chi connectivity index (χ4n) is 2.28. The van der Waals surface area contributed by atoms with Crippen LogP contribution in [0.3, 0.4) is 0 Å². The van der Waals surface area contributed by atoms with Crippen molar-refractivity contribution in [3.05, 3.63) is 51.6 Å². The summed E-state index contributed by atoms with van der Waals surface area (Å²) in [5, 5.41) is 0.870. The molecule has 0 saturated heterocycles. The van der Waals surface area contributed by atoms with Crippen LogP contribution in [-0.4, -0.2) is 9.97 Å². The third-order valence-electron chi connectivity index (χ3n) is 3.21. The molecular weight excluding hydrogens is 272 g/mol. The lowest BCUT2D eigenvalue weighted by molar-refractivity contribution is 0.624. The number of nitrogens with one attached hydrogen (secondary N) is 1. The van der Waals surface area contributed by atoms with E-state index in [4.69, 9.17) is 4.42 Å². The minimum atomic E-state index is -0.220. The number of benzene rings is 1. The summed E-state index contributed by atoms with van der Waals surface area (Å²) in [5.74, 6) is 0.500. The van der Waals surface area contributed by atoms with Crippen LogP contribution >= 0.6 is 11.3 Å². The molecule has 0 unspecified atom stereocenters. The molecule has 0 aliphatic rings. The van der Waals surface area contributed by atoms with Gasteiger partial charge in [-0.1, -0.05) is 12.1 Å². The molecular formula is C15H10N2O2S. The van der Waals surface area contributed by atoms with Crippen LogP contribution in [0.2, 0.25) is 0 Å². The lowest BCUT2D eigenvalue weighted by atomic mass is 10.2. The van der Waals surface area contributed by atoms with Crippen LogP contribution in [0.15, 0.2) is 45.6 Å². The number of thiophene rings is 1. The van der Waals surface area contributed by atoms with Gasteiger partial charge in [-0.3, -0.25) is 4.79 Å². The second kappa shape index (κ2) is 4.05. The van der Waals surface area contributed by atoms with Crippen molar-refractivity contribution in [3.8, 4) is 10.8 Å². The second-order valence-corrected chi connectivity index (χ2v) is 5.89. The van der Waals surface area contributed by atoms with Crippen molar-refractivity contribution in [2.75, 3.05) is 0 Å². The molecule has 98 valence electrons. The predicted molar refractivity (Wildman–Crippen MR) is 80.2 cm³/mol. The highest BCUT2D eigenvalue weighted by molar-refractivity contribution is 7.15. The van der Waals surface area contributed by atoms with Crippen molar-refractivity contribution < 1.29 is 4.42 Å². The van der Waals surface area contributed by atoms with Crippen LogP contribution in [-0.2, 0) is 0 Å². The largest absolute Gasteiger partial charge is 0.434 e. The summed E-state index contributed by atoms with van der Waals surface area (Å²) in [4.78, 5) is 21.4. The van der Waals surface area contributed by atoms with E-state index in [1.54, 1.807) is 11.3 Å². The number of hydrogen-bond donors (Lipinski definition) is 1. The Kier molecular flexibility index (Phi) is 2.31. The maximum atomic E-state index is 12.1. The maximum Gasteiger partial charge on any atom is 0.278 e. The quantitative estimate of drug-likeness (QED) is 0.579. The summed E-state index contributed by atoms with van der Waals surface area (Å²) >= 11 is 1.60. The third-order valence-corrected chi connectivity index (χ3v) is 4.20. The number of para-hydroxylation sites is 1. The zero-order chi connectivity index (χ0) is 13.7. The molecule has 0 saturated carbocycles. The smallest absolute Gasteiger partial charge is 0.278 e. The zero-order valence-corrected chi connectivity index (χ0v) is 11.5. The molecule has 0 aliphatic heterocycles. The third kappa shape index (κ3) is 1.60. The van der Waals surface area contributed by atoms with E-state index in [0.717, 1.165) is 15.8 Å². The molecule has 0 aliphatic carbocycles. The number of rotatable bonds is 1. The van der Waals surface area contributed by atoms with E-state index in [0.29, 0.717) is 17.0 Å². The average Bonchev–Trinajstić information content (AvgIpc) is 3.05. The molecule has 1 aromatic carbocycles. The van der Waals surface area contributed by atoms with Crippen LogP contribution in [0.25, 0.3) is 32.8 Å². The van der Waals surface area contributed by atoms with Crippen LogP contribution in [0.1, 0.15) is 4.88 Å². The number of aryl methyl sites for hydroxylation is 1. The van der Waals surface area contributed by atoms with Crippen molar-refractivity contribution >= 4 is 33.3 Å². The van der Waals surface area contributed by atoms with E-state index in [-0.39, 0.29) is 5.56 Å². The fraction of sp³-hybridized carbons (Fsp3) is 0.0667. The van der Waals surface area contributed by atoms with Crippen molar-refractivity contribution in [2.24, 2.45) is 0 Å². The van der Waals surface area contributed by atoms with Crippen LogP contribution in [0.4, 0.5) is 0 Å².